The number of nitriles is 1. The van der Waals surface area contributed by atoms with Crippen molar-refractivity contribution in [2.24, 2.45) is 26.7 Å². The van der Waals surface area contributed by atoms with Crippen LogP contribution in [0.5, 0.6) is 0 Å². The fourth-order valence-electron chi connectivity index (χ4n) is 10.00. The number of hydrogen-bond acceptors (Lipinski definition) is 9. The first-order valence-corrected chi connectivity index (χ1v) is 28.5. The standard InChI is InChI=1S/C37H70N4O7Si3/c1-34(2)19-31(20-36(5,23-34)25-39-28-42)41-33(44)47-16-15-45-14-13-17-50(9,10)48-51(11,12)29-49(7,8)22-32(43)40-30-18-35(3,4)24-37(6,21-30)26-46-27-38/h30-31H,13-26,29H2,1-12H3,(H,40,43)(H,41,44). The van der Waals surface area contributed by atoms with Crippen molar-refractivity contribution in [2.45, 2.75) is 156 Å². The Kier molecular flexibility index (Phi) is 16.2. The highest BCUT2D eigenvalue weighted by Crippen LogP contribution is 2.47. The van der Waals surface area contributed by atoms with Crippen LogP contribution in [0.4, 0.5) is 4.79 Å². The summed E-state index contributed by atoms with van der Waals surface area (Å²) >= 11 is 0. The van der Waals surface area contributed by atoms with Crippen LogP contribution < -0.4 is 10.6 Å². The molecule has 0 spiro atoms. The largest absolute Gasteiger partial charge is 0.456 e. The lowest BCUT2D eigenvalue weighted by molar-refractivity contribution is -0.120. The second-order valence-electron chi connectivity index (χ2n) is 20.0. The molecule has 2 aliphatic rings. The van der Waals surface area contributed by atoms with Gasteiger partial charge in [-0.1, -0.05) is 54.6 Å². The van der Waals surface area contributed by atoms with Crippen molar-refractivity contribution in [3.05, 3.63) is 0 Å². The zero-order chi connectivity index (χ0) is 38.8. The van der Waals surface area contributed by atoms with Crippen LogP contribution in [0, 0.1) is 33.2 Å². The molecule has 14 heteroatoms. The summed E-state index contributed by atoms with van der Waals surface area (Å²) in [5.41, 5.74) is 0.806. The molecule has 0 saturated heterocycles. The number of alkyl carbamates (subject to hydrolysis) is 1. The lowest BCUT2D eigenvalue weighted by atomic mass is 9.62. The Morgan fingerprint density at radius 3 is 2.02 bits per heavy atom. The number of carbonyl (C=O) groups is 2. The van der Waals surface area contributed by atoms with Crippen LogP contribution in [0.1, 0.15) is 86.5 Å². The number of nitrogens with one attached hydrogen (secondary N) is 2. The van der Waals surface area contributed by atoms with Gasteiger partial charge in [-0.25, -0.2) is 14.6 Å². The summed E-state index contributed by atoms with van der Waals surface area (Å²) in [6, 6.07) is 1.60. The Bertz CT molecular complexity index is 1260. The highest BCUT2D eigenvalue weighted by Gasteiger charge is 2.44. The molecule has 2 amide bonds. The van der Waals surface area contributed by atoms with Crippen molar-refractivity contribution in [2.75, 3.05) is 33.0 Å². The van der Waals surface area contributed by atoms with Gasteiger partial charge < -0.3 is 29.0 Å². The molecule has 0 aliphatic heterocycles. The van der Waals surface area contributed by atoms with Gasteiger partial charge >= 0.3 is 6.09 Å². The summed E-state index contributed by atoms with van der Waals surface area (Å²) in [6.07, 6.45) is 9.13. The number of amides is 2. The van der Waals surface area contributed by atoms with Crippen LogP contribution >= 0.6 is 0 Å². The zero-order valence-corrected chi connectivity index (χ0v) is 37.0. The monoisotopic (exact) mass is 766 g/mol. The summed E-state index contributed by atoms with van der Waals surface area (Å²) < 4.78 is 23.3. The Labute approximate surface area is 312 Å². The average molecular weight is 767 g/mol. The average Bonchev–Trinajstić information content (AvgIpc) is 2.90. The topological polar surface area (TPSA) is 148 Å². The van der Waals surface area contributed by atoms with Gasteiger partial charge in [0.2, 0.25) is 12.0 Å². The predicted octanol–water partition coefficient (Wildman–Crippen LogP) is 7.91. The molecular formula is C37H70N4O7Si3. The maximum atomic E-state index is 13.4. The van der Waals surface area contributed by atoms with Gasteiger partial charge in [0.15, 0.2) is 16.6 Å². The normalized spacial score (nSPS) is 26.3. The van der Waals surface area contributed by atoms with Crippen LogP contribution in [0.15, 0.2) is 4.99 Å². The van der Waals surface area contributed by atoms with E-state index in [9.17, 15) is 14.4 Å². The molecule has 0 aromatic heterocycles. The number of aliphatic imine (C=N–C) groups is 1. The maximum absolute atomic E-state index is 13.4. The van der Waals surface area contributed by atoms with Gasteiger partial charge in [0.05, 0.1) is 21.2 Å². The third-order valence-corrected chi connectivity index (χ3v) is 24.7. The molecular weight excluding hydrogens is 697 g/mol. The summed E-state index contributed by atoms with van der Waals surface area (Å²) in [6.45, 7) is 28.8. The summed E-state index contributed by atoms with van der Waals surface area (Å²) in [7, 11) is -5.86. The lowest BCUT2D eigenvalue weighted by Gasteiger charge is -2.46. The van der Waals surface area contributed by atoms with E-state index in [1.165, 1.54) is 0 Å². The Balaban J connectivity index is 1.72. The van der Waals surface area contributed by atoms with Crippen LogP contribution in [-0.2, 0) is 27.9 Å². The van der Waals surface area contributed by atoms with Gasteiger partial charge in [-0.05, 0) is 99.1 Å². The molecule has 0 radical (unpaired) electrons. The van der Waals surface area contributed by atoms with Crippen LogP contribution in [0.2, 0.25) is 57.0 Å². The van der Waals surface area contributed by atoms with Crippen LogP contribution in [-0.4, -0.2) is 87.8 Å². The molecule has 0 bridgehead atoms. The first-order valence-electron chi connectivity index (χ1n) is 18.9. The van der Waals surface area contributed by atoms with Crippen LogP contribution in [0.25, 0.3) is 0 Å². The van der Waals surface area contributed by atoms with E-state index in [-0.39, 0.29) is 46.3 Å². The minimum atomic E-state index is -2.02. The SMILES string of the molecule is CC1(C)CC(NC(=O)C[Si](C)(C)C[Si](C)(C)O[Si](C)(C)CCCOCCOC(=O)NC2CC(C)(C)CC(C)(CN=C=O)C2)CC(C)(COC#N)C1. The minimum absolute atomic E-state index is 0.0201. The summed E-state index contributed by atoms with van der Waals surface area (Å²) in [5.74, 6) is 0.139. The molecule has 0 aromatic carbocycles. The molecule has 2 aliphatic carbocycles. The van der Waals surface area contributed by atoms with Gasteiger partial charge in [-0.3, -0.25) is 4.79 Å². The van der Waals surface area contributed by atoms with Crippen molar-refractivity contribution < 1.29 is 32.7 Å². The zero-order valence-electron chi connectivity index (χ0n) is 34.0. The molecule has 292 valence electrons. The third kappa shape index (κ3) is 17.6. The molecule has 2 N–H and O–H groups in total. The van der Waals surface area contributed by atoms with Crippen molar-refractivity contribution >= 4 is 42.8 Å². The smallest absolute Gasteiger partial charge is 0.407 e. The minimum Gasteiger partial charge on any atom is -0.456 e. The summed E-state index contributed by atoms with van der Waals surface area (Å²) in [4.78, 5) is 40.4. The van der Waals surface area contributed by atoms with Gasteiger partial charge in [0.25, 0.3) is 6.26 Å². The number of hydrogen-bond donors (Lipinski definition) is 2. The number of rotatable bonds is 19. The van der Waals surface area contributed by atoms with Gasteiger partial charge in [0, 0.05) is 30.1 Å². The van der Waals surface area contributed by atoms with E-state index in [4.69, 9.17) is 23.6 Å². The molecule has 4 unspecified atom stereocenters. The van der Waals surface area contributed by atoms with E-state index >= 15 is 0 Å². The Morgan fingerprint density at radius 2 is 1.41 bits per heavy atom. The van der Waals surface area contributed by atoms with Crippen molar-refractivity contribution in [1.29, 1.82) is 5.26 Å². The van der Waals surface area contributed by atoms with Crippen molar-refractivity contribution in [3.63, 3.8) is 0 Å². The predicted molar refractivity (Wildman–Crippen MR) is 210 cm³/mol. The van der Waals surface area contributed by atoms with E-state index < -0.39 is 30.8 Å². The molecule has 2 rings (SSSR count). The van der Waals surface area contributed by atoms with E-state index in [2.05, 4.69) is 96.5 Å². The molecule has 2 saturated carbocycles. The highest BCUT2D eigenvalue weighted by atomic mass is 28.4. The molecule has 51 heavy (non-hydrogen) atoms. The number of isocyanates is 1. The van der Waals surface area contributed by atoms with E-state index in [1.54, 1.807) is 6.08 Å². The first-order chi connectivity index (χ1) is 23.3. The molecule has 2 fully saturated rings. The van der Waals surface area contributed by atoms with Gasteiger partial charge in [-0.15, -0.1) is 0 Å². The molecule has 0 aromatic rings. The van der Waals surface area contributed by atoms with Gasteiger partial charge in [-0.2, -0.15) is 5.26 Å². The first kappa shape index (κ1) is 45.1. The quantitative estimate of drug-likeness (QED) is 0.0443. The van der Waals surface area contributed by atoms with Gasteiger partial charge in [0.1, 0.15) is 13.2 Å². The number of ether oxygens (including phenoxy) is 3. The fourth-order valence-corrected chi connectivity index (χ4v) is 29.0. The maximum Gasteiger partial charge on any atom is 0.407 e. The molecule has 11 nitrogen and oxygen atoms in total. The molecule has 0 heterocycles. The second-order valence-corrected chi connectivity index (χ2v) is 34.5. The van der Waals surface area contributed by atoms with Crippen LogP contribution in [0.3, 0.4) is 0 Å². The number of nitrogens with zero attached hydrogens (tertiary/aromatic N) is 2. The second kappa shape index (κ2) is 18.3. The van der Waals surface area contributed by atoms with E-state index in [0.29, 0.717) is 32.4 Å². The lowest BCUT2D eigenvalue weighted by Crippen LogP contribution is -2.52. The summed E-state index contributed by atoms with van der Waals surface area (Å²) in [5, 5.41) is 15.3. The van der Waals surface area contributed by atoms with E-state index in [1.807, 2.05) is 6.26 Å². The fraction of sp³-hybridized carbons (Fsp3) is 0.892. The highest BCUT2D eigenvalue weighted by molar-refractivity contribution is 6.97. The third-order valence-electron chi connectivity index (χ3n) is 10.2. The Hall–Kier alpha value is -2.02. The van der Waals surface area contributed by atoms with E-state index in [0.717, 1.165) is 56.7 Å². The number of carbonyl (C=O) groups excluding carboxylic acids is 3. The molecule has 4 atom stereocenters. The van der Waals surface area contributed by atoms with Crippen molar-refractivity contribution in [1.82, 2.24) is 10.6 Å². The van der Waals surface area contributed by atoms with Crippen molar-refractivity contribution in [3.8, 4) is 6.26 Å². The Morgan fingerprint density at radius 1 is 0.824 bits per heavy atom.